The molecule has 0 atom stereocenters. The van der Waals surface area contributed by atoms with Crippen LogP contribution >= 0.6 is 15.9 Å². The van der Waals surface area contributed by atoms with E-state index in [1.54, 1.807) is 24.3 Å². The molecule has 2 N–H and O–H groups in total. The number of aromatic carboxylic acids is 1. The van der Waals surface area contributed by atoms with Crippen LogP contribution in [-0.2, 0) is 11.3 Å². The number of hydrogen-bond donors (Lipinski definition) is 2. The molecule has 2 aromatic carbocycles. The first-order valence-electron chi connectivity index (χ1n) is 7.20. The maximum Gasteiger partial charge on any atom is 0.407 e. The Morgan fingerprint density at radius 3 is 2.62 bits per heavy atom. The SMILES string of the molecule is O=C(NCC=Cc1cc(Br)ccc1C(=O)O)OCc1ccccc1. The fourth-order valence-corrected chi connectivity index (χ4v) is 2.35. The van der Waals surface area contributed by atoms with E-state index in [4.69, 9.17) is 9.84 Å². The summed E-state index contributed by atoms with van der Waals surface area (Å²) in [5.74, 6) is -1.00. The number of hydrogen-bond acceptors (Lipinski definition) is 3. The maximum absolute atomic E-state index is 11.6. The van der Waals surface area contributed by atoms with Crippen molar-refractivity contribution < 1.29 is 19.4 Å². The van der Waals surface area contributed by atoms with Gasteiger partial charge in [0.05, 0.1) is 5.56 Å². The minimum absolute atomic E-state index is 0.195. The van der Waals surface area contributed by atoms with Gasteiger partial charge in [-0.3, -0.25) is 0 Å². The normalized spacial score (nSPS) is 10.5. The molecule has 6 heteroatoms. The van der Waals surface area contributed by atoms with E-state index in [0.29, 0.717) is 5.56 Å². The van der Waals surface area contributed by atoms with E-state index in [1.807, 2.05) is 30.3 Å². The topological polar surface area (TPSA) is 75.6 Å². The van der Waals surface area contributed by atoms with Crippen molar-refractivity contribution in [2.45, 2.75) is 6.61 Å². The van der Waals surface area contributed by atoms with Gasteiger partial charge in [0, 0.05) is 11.0 Å². The number of ether oxygens (including phenoxy) is 1. The highest BCUT2D eigenvalue weighted by atomic mass is 79.9. The van der Waals surface area contributed by atoms with E-state index in [-0.39, 0.29) is 18.7 Å². The van der Waals surface area contributed by atoms with Crippen LogP contribution in [0.15, 0.2) is 59.1 Å². The average molecular weight is 390 g/mol. The van der Waals surface area contributed by atoms with Gasteiger partial charge >= 0.3 is 12.1 Å². The van der Waals surface area contributed by atoms with Crippen LogP contribution in [-0.4, -0.2) is 23.7 Å². The summed E-state index contributed by atoms with van der Waals surface area (Å²) < 4.78 is 5.86. The van der Waals surface area contributed by atoms with Gasteiger partial charge in [-0.05, 0) is 29.3 Å². The third kappa shape index (κ3) is 5.55. The number of amides is 1. The molecule has 0 unspecified atom stereocenters. The van der Waals surface area contributed by atoms with Crippen molar-refractivity contribution >= 4 is 34.1 Å². The summed E-state index contributed by atoms with van der Waals surface area (Å²) in [4.78, 5) is 22.7. The zero-order valence-electron chi connectivity index (χ0n) is 12.7. The highest BCUT2D eigenvalue weighted by Gasteiger charge is 2.07. The van der Waals surface area contributed by atoms with Gasteiger partial charge in [-0.25, -0.2) is 9.59 Å². The number of carbonyl (C=O) groups excluding carboxylic acids is 1. The zero-order valence-corrected chi connectivity index (χ0v) is 14.3. The van der Waals surface area contributed by atoms with E-state index in [0.717, 1.165) is 10.0 Å². The van der Waals surface area contributed by atoms with Gasteiger partial charge in [0.25, 0.3) is 0 Å². The zero-order chi connectivity index (χ0) is 17.4. The second kappa shape index (κ2) is 8.88. The first kappa shape index (κ1) is 17.7. The molecule has 5 nitrogen and oxygen atoms in total. The second-order valence-corrected chi connectivity index (χ2v) is 5.80. The van der Waals surface area contributed by atoms with Gasteiger partial charge in [-0.15, -0.1) is 0 Å². The molecule has 2 aromatic rings. The second-order valence-electron chi connectivity index (χ2n) is 4.88. The van der Waals surface area contributed by atoms with Crippen molar-refractivity contribution in [3.63, 3.8) is 0 Å². The van der Waals surface area contributed by atoms with E-state index in [9.17, 15) is 9.59 Å². The third-order valence-electron chi connectivity index (χ3n) is 3.12. The van der Waals surface area contributed by atoms with Crippen LogP contribution in [0.5, 0.6) is 0 Å². The first-order chi connectivity index (χ1) is 11.6. The molecule has 2 rings (SSSR count). The molecule has 0 aromatic heterocycles. The number of alkyl carbamates (subject to hydrolysis) is 1. The Bertz CT molecular complexity index is 744. The lowest BCUT2D eigenvalue weighted by Crippen LogP contribution is -2.24. The van der Waals surface area contributed by atoms with Crippen LogP contribution in [0, 0.1) is 0 Å². The summed E-state index contributed by atoms with van der Waals surface area (Å²) in [5, 5.41) is 11.7. The van der Waals surface area contributed by atoms with E-state index in [2.05, 4.69) is 21.2 Å². The predicted octanol–water partition coefficient (Wildman–Crippen LogP) is 4.09. The van der Waals surface area contributed by atoms with Crippen molar-refractivity contribution in [3.05, 3.63) is 75.8 Å². The molecule has 0 radical (unpaired) electrons. The third-order valence-corrected chi connectivity index (χ3v) is 3.61. The molecule has 0 aliphatic heterocycles. The molecule has 1 amide bonds. The number of rotatable bonds is 6. The molecule has 0 spiro atoms. The van der Waals surface area contributed by atoms with Crippen LogP contribution in [0.25, 0.3) is 6.08 Å². The fourth-order valence-electron chi connectivity index (χ4n) is 1.97. The lowest BCUT2D eigenvalue weighted by molar-refractivity contribution is 0.0696. The van der Waals surface area contributed by atoms with Crippen LogP contribution in [0.2, 0.25) is 0 Å². The number of nitrogens with one attached hydrogen (secondary N) is 1. The van der Waals surface area contributed by atoms with E-state index < -0.39 is 12.1 Å². The van der Waals surface area contributed by atoms with Crippen molar-refractivity contribution in [3.8, 4) is 0 Å². The predicted molar refractivity (Wildman–Crippen MR) is 94.8 cm³/mol. The Hall–Kier alpha value is -2.60. The number of benzene rings is 2. The van der Waals surface area contributed by atoms with Crippen LogP contribution in [0.3, 0.4) is 0 Å². The molecule has 124 valence electrons. The van der Waals surface area contributed by atoms with Crippen molar-refractivity contribution in [1.29, 1.82) is 0 Å². The molecule has 0 aliphatic carbocycles. The molecule has 0 fully saturated rings. The highest BCUT2D eigenvalue weighted by molar-refractivity contribution is 9.10. The van der Waals surface area contributed by atoms with Crippen molar-refractivity contribution in [2.24, 2.45) is 0 Å². The molecule has 0 saturated carbocycles. The Labute approximate surface area is 148 Å². The molecule has 24 heavy (non-hydrogen) atoms. The van der Waals surface area contributed by atoms with Gasteiger partial charge in [-0.1, -0.05) is 58.4 Å². The largest absolute Gasteiger partial charge is 0.478 e. The summed E-state index contributed by atoms with van der Waals surface area (Å²) in [6.45, 7) is 0.435. The standard InChI is InChI=1S/C18H16BrNO4/c19-15-8-9-16(17(21)22)14(11-15)7-4-10-20-18(23)24-12-13-5-2-1-3-6-13/h1-9,11H,10,12H2,(H,20,23)(H,21,22). The number of carboxylic acids is 1. The lowest BCUT2D eigenvalue weighted by Gasteiger charge is -2.05. The van der Waals surface area contributed by atoms with Crippen LogP contribution in [0.4, 0.5) is 4.79 Å². The summed E-state index contributed by atoms with van der Waals surface area (Å²) in [6.07, 6.45) is 2.78. The van der Waals surface area contributed by atoms with Crippen LogP contribution in [0.1, 0.15) is 21.5 Å². The van der Waals surface area contributed by atoms with Gasteiger partial charge in [0.2, 0.25) is 0 Å². The number of carbonyl (C=O) groups is 2. The molecule has 0 bridgehead atoms. The van der Waals surface area contributed by atoms with E-state index >= 15 is 0 Å². The first-order valence-corrected chi connectivity index (χ1v) is 7.99. The van der Waals surface area contributed by atoms with Gasteiger partial charge in [-0.2, -0.15) is 0 Å². The van der Waals surface area contributed by atoms with Gasteiger partial charge in [0.1, 0.15) is 6.61 Å². The maximum atomic E-state index is 11.6. The molecule has 0 aliphatic rings. The summed E-state index contributed by atoms with van der Waals surface area (Å²) in [5.41, 5.74) is 1.65. The van der Waals surface area contributed by atoms with Crippen molar-refractivity contribution in [1.82, 2.24) is 5.32 Å². The minimum Gasteiger partial charge on any atom is -0.478 e. The molecule has 0 saturated heterocycles. The molecule has 0 heterocycles. The highest BCUT2D eigenvalue weighted by Crippen LogP contribution is 2.18. The van der Waals surface area contributed by atoms with Gasteiger partial charge in [0.15, 0.2) is 0 Å². The summed E-state index contributed by atoms with van der Waals surface area (Å²) >= 11 is 3.30. The van der Waals surface area contributed by atoms with Crippen molar-refractivity contribution in [2.75, 3.05) is 6.54 Å². The number of halogens is 1. The van der Waals surface area contributed by atoms with E-state index in [1.165, 1.54) is 6.07 Å². The van der Waals surface area contributed by atoms with Crippen LogP contribution < -0.4 is 5.32 Å². The summed E-state index contributed by atoms with van der Waals surface area (Å²) in [7, 11) is 0. The Morgan fingerprint density at radius 1 is 1.17 bits per heavy atom. The molecular weight excluding hydrogens is 374 g/mol. The number of carboxylic acid groups (broad SMARTS) is 1. The lowest BCUT2D eigenvalue weighted by atomic mass is 10.1. The Kier molecular flexibility index (Phi) is 6.57. The Balaban J connectivity index is 1.83. The minimum atomic E-state index is -1.00. The smallest absolute Gasteiger partial charge is 0.407 e. The monoisotopic (exact) mass is 389 g/mol. The average Bonchev–Trinajstić information content (AvgIpc) is 2.57. The fraction of sp³-hybridized carbons (Fsp3) is 0.111. The molecular formula is C18H16BrNO4. The Morgan fingerprint density at radius 2 is 1.92 bits per heavy atom. The quantitative estimate of drug-likeness (QED) is 0.779. The summed E-state index contributed by atoms with van der Waals surface area (Å²) in [6, 6.07) is 14.3. The van der Waals surface area contributed by atoms with Gasteiger partial charge < -0.3 is 15.2 Å².